The Morgan fingerprint density at radius 1 is 1.05 bits per heavy atom. The number of benzene rings is 2. The van der Waals surface area contributed by atoms with Gasteiger partial charge in [-0.05, 0) is 48.4 Å². The smallest absolute Gasteiger partial charge is 0.206 e. The first-order valence-corrected chi connectivity index (χ1v) is 8.42. The van der Waals surface area contributed by atoms with Gasteiger partial charge < -0.3 is 5.73 Å². The summed E-state index contributed by atoms with van der Waals surface area (Å²) >= 11 is 0. The van der Waals surface area contributed by atoms with Gasteiger partial charge in [0.25, 0.3) is 0 Å². The molecule has 21 heavy (non-hydrogen) atoms. The lowest BCUT2D eigenvalue weighted by molar-refractivity contribution is 0.596. The van der Waals surface area contributed by atoms with Crippen LogP contribution in [-0.2, 0) is 9.84 Å². The molecule has 0 heterocycles. The number of hydrogen-bond acceptors (Lipinski definition) is 3. The lowest BCUT2D eigenvalue weighted by Crippen LogP contribution is -2.15. The highest BCUT2D eigenvalue weighted by molar-refractivity contribution is 7.91. The van der Waals surface area contributed by atoms with Crippen LogP contribution in [0.25, 0.3) is 6.08 Å². The van der Waals surface area contributed by atoms with Gasteiger partial charge in [0, 0.05) is 5.92 Å². The first-order valence-electron chi connectivity index (χ1n) is 6.93. The summed E-state index contributed by atoms with van der Waals surface area (Å²) in [7, 11) is -3.46. The third-order valence-electron chi connectivity index (χ3n) is 3.86. The minimum absolute atomic E-state index is 0.276. The van der Waals surface area contributed by atoms with Crippen molar-refractivity contribution in [1.29, 1.82) is 0 Å². The molecule has 0 amide bonds. The van der Waals surface area contributed by atoms with Crippen molar-refractivity contribution >= 4 is 15.9 Å². The summed E-state index contributed by atoms with van der Waals surface area (Å²) in [6, 6.07) is 13.8. The summed E-state index contributed by atoms with van der Waals surface area (Å²) < 4.78 is 25.2. The van der Waals surface area contributed by atoms with Gasteiger partial charge in [-0.2, -0.15) is 0 Å². The normalized spacial score (nSPS) is 17.5. The molecule has 0 radical (unpaired) electrons. The summed E-state index contributed by atoms with van der Waals surface area (Å²) in [6.07, 6.45) is 4.94. The number of hydrogen-bond donors (Lipinski definition) is 1. The van der Waals surface area contributed by atoms with Gasteiger partial charge in [-0.15, -0.1) is 0 Å². The highest BCUT2D eigenvalue weighted by Gasteiger charge is 2.21. The number of allylic oxidation sites excluding steroid dienone is 1. The molecular formula is C17H17NO2S. The maximum Gasteiger partial charge on any atom is 0.206 e. The van der Waals surface area contributed by atoms with Crippen LogP contribution in [-0.4, -0.2) is 15.0 Å². The predicted octanol–water partition coefficient (Wildman–Crippen LogP) is 2.98. The fourth-order valence-corrected chi connectivity index (χ4v) is 4.00. The molecule has 108 valence electrons. The third-order valence-corrected chi connectivity index (χ3v) is 5.63. The van der Waals surface area contributed by atoms with Crippen molar-refractivity contribution in [3.8, 4) is 0 Å². The lowest BCUT2D eigenvalue weighted by atomic mass is 9.87. The first-order chi connectivity index (χ1) is 10.1. The van der Waals surface area contributed by atoms with Crippen molar-refractivity contribution in [2.75, 3.05) is 6.54 Å². The van der Waals surface area contributed by atoms with Crippen LogP contribution in [0.2, 0.25) is 0 Å². The van der Waals surface area contributed by atoms with Crippen LogP contribution in [0, 0.1) is 0 Å². The average molecular weight is 299 g/mol. The SMILES string of the molecule is NCC1CC=Cc2cc(S(=O)(=O)c3ccccc3)ccc21. The van der Waals surface area contributed by atoms with Gasteiger partial charge in [0.05, 0.1) is 9.79 Å². The highest BCUT2D eigenvalue weighted by atomic mass is 32.2. The summed E-state index contributed by atoms with van der Waals surface area (Å²) in [5.41, 5.74) is 7.86. The van der Waals surface area contributed by atoms with Crippen LogP contribution in [0.5, 0.6) is 0 Å². The number of sulfone groups is 1. The van der Waals surface area contributed by atoms with Gasteiger partial charge >= 0.3 is 0 Å². The number of rotatable bonds is 3. The standard InChI is InChI=1S/C17H17NO2S/c18-12-14-6-4-5-13-11-16(9-10-17(13)14)21(19,20)15-7-2-1-3-8-15/h1-5,7-11,14H,6,12,18H2. The Bertz CT molecular complexity index is 780. The zero-order chi connectivity index (χ0) is 14.9. The first kappa shape index (κ1) is 14.0. The van der Waals surface area contributed by atoms with Gasteiger partial charge in [0.1, 0.15) is 0 Å². The van der Waals surface area contributed by atoms with Gasteiger partial charge in [0.15, 0.2) is 0 Å². The lowest BCUT2D eigenvalue weighted by Gasteiger charge is -2.20. The molecule has 1 aliphatic rings. The van der Waals surface area contributed by atoms with E-state index < -0.39 is 9.84 Å². The molecule has 1 unspecified atom stereocenters. The highest BCUT2D eigenvalue weighted by Crippen LogP contribution is 2.32. The van der Waals surface area contributed by atoms with Crippen LogP contribution in [0.1, 0.15) is 23.5 Å². The van der Waals surface area contributed by atoms with E-state index in [2.05, 4.69) is 6.08 Å². The Hall–Kier alpha value is -1.91. The van der Waals surface area contributed by atoms with Gasteiger partial charge in [-0.1, -0.05) is 36.4 Å². The largest absolute Gasteiger partial charge is 0.330 e. The number of fused-ring (bicyclic) bond motifs is 1. The number of nitrogens with two attached hydrogens (primary N) is 1. The molecule has 2 aromatic rings. The molecule has 1 aliphatic carbocycles. The van der Waals surface area contributed by atoms with Gasteiger partial charge in [-0.25, -0.2) is 8.42 Å². The molecule has 0 aromatic heterocycles. The van der Waals surface area contributed by atoms with Crippen molar-refractivity contribution in [2.24, 2.45) is 5.73 Å². The Morgan fingerprint density at radius 3 is 2.52 bits per heavy atom. The van der Waals surface area contributed by atoms with Crippen molar-refractivity contribution < 1.29 is 8.42 Å². The fraction of sp³-hybridized carbons (Fsp3) is 0.176. The molecule has 0 bridgehead atoms. The van der Waals surface area contributed by atoms with E-state index >= 15 is 0 Å². The van der Waals surface area contributed by atoms with E-state index in [1.54, 1.807) is 42.5 Å². The van der Waals surface area contributed by atoms with Crippen molar-refractivity contribution in [1.82, 2.24) is 0 Å². The van der Waals surface area contributed by atoms with Crippen LogP contribution >= 0.6 is 0 Å². The second kappa shape index (κ2) is 5.47. The fourth-order valence-electron chi connectivity index (χ4n) is 2.68. The molecule has 3 rings (SSSR count). The summed E-state index contributed by atoms with van der Waals surface area (Å²) in [6.45, 7) is 0.572. The maximum atomic E-state index is 12.6. The maximum absolute atomic E-state index is 12.6. The van der Waals surface area contributed by atoms with E-state index in [-0.39, 0.29) is 5.92 Å². The molecule has 0 spiro atoms. The Balaban J connectivity index is 2.08. The molecule has 0 fully saturated rings. The van der Waals surface area contributed by atoms with Crippen molar-refractivity contribution in [2.45, 2.75) is 22.1 Å². The zero-order valence-corrected chi connectivity index (χ0v) is 12.4. The van der Waals surface area contributed by atoms with Crippen LogP contribution in [0.15, 0.2) is 64.4 Å². The molecular weight excluding hydrogens is 282 g/mol. The molecule has 0 aliphatic heterocycles. The topological polar surface area (TPSA) is 60.2 Å². The monoisotopic (exact) mass is 299 g/mol. The third kappa shape index (κ3) is 2.52. The Labute approximate surface area is 125 Å². The minimum Gasteiger partial charge on any atom is -0.330 e. The van der Waals surface area contributed by atoms with E-state index in [0.717, 1.165) is 17.5 Å². The van der Waals surface area contributed by atoms with Crippen LogP contribution < -0.4 is 5.73 Å². The second-order valence-electron chi connectivity index (χ2n) is 5.18. The summed E-state index contributed by atoms with van der Waals surface area (Å²) in [5.74, 6) is 0.276. The van der Waals surface area contributed by atoms with Gasteiger partial charge in [-0.3, -0.25) is 0 Å². The van der Waals surface area contributed by atoms with Gasteiger partial charge in [0.2, 0.25) is 9.84 Å². The van der Waals surface area contributed by atoms with E-state index in [0.29, 0.717) is 16.3 Å². The second-order valence-corrected chi connectivity index (χ2v) is 7.13. The molecule has 2 N–H and O–H groups in total. The molecule has 2 aromatic carbocycles. The van der Waals surface area contributed by atoms with E-state index in [4.69, 9.17) is 5.73 Å². The van der Waals surface area contributed by atoms with Crippen molar-refractivity contribution in [3.63, 3.8) is 0 Å². The van der Waals surface area contributed by atoms with Crippen LogP contribution in [0.4, 0.5) is 0 Å². The average Bonchev–Trinajstić information content (AvgIpc) is 2.54. The van der Waals surface area contributed by atoms with E-state index in [9.17, 15) is 8.42 Å². The molecule has 1 atom stereocenters. The quantitative estimate of drug-likeness (QED) is 0.948. The molecule has 0 saturated carbocycles. The molecule has 3 nitrogen and oxygen atoms in total. The van der Waals surface area contributed by atoms with E-state index in [1.165, 1.54) is 0 Å². The van der Waals surface area contributed by atoms with Crippen LogP contribution in [0.3, 0.4) is 0 Å². The predicted molar refractivity (Wildman–Crippen MR) is 83.8 cm³/mol. The summed E-state index contributed by atoms with van der Waals surface area (Å²) in [4.78, 5) is 0.648. The van der Waals surface area contributed by atoms with Crippen molar-refractivity contribution in [3.05, 3.63) is 65.7 Å². The zero-order valence-electron chi connectivity index (χ0n) is 11.6. The minimum atomic E-state index is -3.46. The Kier molecular flexibility index (Phi) is 3.66. The summed E-state index contributed by atoms with van der Waals surface area (Å²) in [5, 5.41) is 0. The molecule has 4 heteroatoms. The van der Waals surface area contributed by atoms with E-state index in [1.807, 2.05) is 12.1 Å². The molecule has 0 saturated heterocycles. The Morgan fingerprint density at radius 2 is 1.81 bits per heavy atom.